The molecule has 1 fully saturated rings. The maximum absolute atomic E-state index is 13.1. The lowest BCUT2D eigenvalue weighted by molar-refractivity contribution is 0.0694. The van der Waals surface area contributed by atoms with E-state index < -0.39 is 0 Å². The molecule has 8 nitrogen and oxygen atoms in total. The second-order valence-corrected chi connectivity index (χ2v) is 11.6. The molecule has 3 aromatic carbocycles. The topological polar surface area (TPSA) is 92.7 Å². The summed E-state index contributed by atoms with van der Waals surface area (Å²) < 4.78 is 6.81. The zero-order valence-electron chi connectivity index (χ0n) is 24.7. The van der Waals surface area contributed by atoms with E-state index in [4.69, 9.17) is 4.74 Å². The maximum Gasteiger partial charge on any atom is 0.274 e. The highest BCUT2D eigenvalue weighted by Crippen LogP contribution is 2.30. The van der Waals surface area contributed by atoms with Crippen molar-refractivity contribution in [1.29, 1.82) is 0 Å². The van der Waals surface area contributed by atoms with Crippen molar-refractivity contribution < 1.29 is 14.3 Å². The van der Waals surface area contributed by atoms with Crippen molar-refractivity contribution in [3.8, 4) is 11.1 Å². The van der Waals surface area contributed by atoms with Gasteiger partial charge in [0.2, 0.25) is 0 Å². The van der Waals surface area contributed by atoms with Crippen LogP contribution in [0.3, 0.4) is 0 Å². The third-order valence-corrected chi connectivity index (χ3v) is 7.54. The second kappa shape index (κ2) is 11.7. The van der Waals surface area contributed by atoms with Gasteiger partial charge in [-0.25, -0.2) is 0 Å². The number of rotatable bonds is 6. The van der Waals surface area contributed by atoms with E-state index in [1.165, 1.54) is 4.57 Å². The van der Waals surface area contributed by atoms with Crippen LogP contribution < -0.4 is 16.2 Å². The summed E-state index contributed by atoms with van der Waals surface area (Å²) in [6.45, 7) is 9.80. The van der Waals surface area contributed by atoms with E-state index in [2.05, 4.69) is 31.4 Å². The van der Waals surface area contributed by atoms with Crippen molar-refractivity contribution in [1.82, 2.24) is 9.47 Å². The lowest BCUT2D eigenvalue weighted by Gasteiger charge is -2.19. The summed E-state index contributed by atoms with van der Waals surface area (Å²) in [4.78, 5) is 40.4. The monoisotopic (exact) mass is 564 g/mol. The van der Waals surface area contributed by atoms with E-state index in [0.29, 0.717) is 48.1 Å². The highest BCUT2D eigenvalue weighted by atomic mass is 16.5. The minimum atomic E-state index is -0.186. The van der Waals surface area contributed by atoms with Crippen LogP contribution in [0.1, 0.15) is 52.6 Å². The molecule has 0 bridgehead atoms. The summed E-state index contributed by atoms with van der Waals surface area (Å²) in [6, 6.07) is 22.3. The van der Waals surface area contributed by atoms with Crippen LogP contribution in [0, 0.1) is 6.92 Å². The molecule has 0 spiro atoms. The lowest BCUT2D eigenvalue weighted by atomic mass is 9.86. The number of carbonyl (C=O) groups excluding carboxylic acids is 2. The van der Waals surface area contributed by atoms with Crippen LogP contribution >= 0.6 is 0 Å². The zero-order chi connectivity index (χ0) is 30.0. The molecule has 42 heavy (non-hydrogen) atoms. The zero-order valence-corrected chi connectivity index (χ0v) is 24.7. The summed E-state index contributed by atoms with van der Waals surface area (Å²) in [7, 11) is 1.71. The van der Waals surface area contributed by atoms with E-state index in [0.717, 1.165) is 22.3 Å². The third kappa shape index (κ3) is 6.14. The Morgan fingerprint density at radius 1 is 0.905 bits per heavy atom. The molecule has 2 N–H and O–H groups in total. The van der Waals surface area contributed by atoms with Crippen molar-refractivity contribution in [2.24, 2.45) is 7.05 Å². The van der Waals surface area contributed by atoms with E-state index in [1.807, 2.05) is 55.5 Å². The molecule has 2 heterocycles. The molecule has 0 radical (unpaired) electrons. The van der Waals surface area contributed by atoms with Crippen molar-refractivity contribution in [3.05, 3.63) is 112 Å². The van der Waals surface area contributed by atoms with E-state index >= 15 is 0 Å². The first-order valence-corrected chi connectivity index (χ1v) is 14.0. The summed E-state index contributed by atoms with van der Waals surface area (Å²) in [5.74, 6) is -0.265. The Hall–Kier alpha value is -4.69. The van der Waals surface area contributed by atoms with Gasteiger partial charge < -0.3 is 24.8 Å². The first kappa shape index (κ1) is 28.8. The van der Waals surface area contributed by atoms with Crippen LogP contribution in [0.5, 0.6) is 0 Å². The average molecular weight is 565 g/mol. The molecule has 1 aromatic heterocycles. The van der Waals surface area contributed by atoms with Gasteiger partial charge in [0.05, 0.1) is 6.61 Å². The SMILES string of the molecule is Cc1c(NC(=O)c2ccc(C(C)(C)C)cc2)cccc1-c1cc(Nc2ccc(C(=O)N3CCOC3)cc2)c(=O)n(C)c1. The summed E-state index contributed by atoms with van der Waals surface area (Å²) >= 11 is 0. The van der Waals surface area contributed by atoms with Gasteiger partial charge in [0.25, 0.3) is 17.4 Å². The molecule has 2 amide bonds. The van der Waals surface area contributed by atoms with Crippen LogP contribution in [0.15, 0.2) is 83.8 Å². The van der Waals surface area contributed by atoms with Gasteiger partial charge in [-0.3, -0.25) is 14.4 Å². The molecule has 1 aliphatic rings. The van der Waals surface area contributed by atoms with Gasteiger partial charge in [-0.15, -0.1) is 0 Å². The fraction of sp³-hybridized carbons (Fsp3) is 0.265. The van der Waals surface area contributed by atoms with Crippen molar-refractivity contribution in [3.63, 3.8) is 0 Å². The molecule has 4 aromatic rings. The lowest BCUT2D eigenvalue weighted by Crippen LogP contribution is -2.28. The average Bonchev–Trinajstić information content (AvgIpc) is 3.51. The third-order valence-electron chi connectivity index (χ3n) is 7.54. The van der Waals surface area contributed by atoms with Gasteiger partial charge >= 0.3 is 0 Å². The summed E-state index contributed by atoms with van der Waals surface area (Å²) in [6.07, 6.45) is 1.78. The van der Waals surface area contributed by atoms with E-state index in [9.17, 15) is 14.4 Å². The van der Waals surface area contributed by atoms with Gasteiger partial charge in [-0.2, -0.15) is 0 Å². The van der Waals surface area contributed by atoms with Crippen molar-refractivity contribution in [2.45, 2.75) is 33.1 Å². The Bertz CT molecular complexity index is 1680. The number of aromatic nitrogens is 1. The number of hydrogen-bond acceptors (Lipinski definition) is 5. The number of hydrogen-bond donors (Lipinski definition) is 2. The molecule has 0 unspecified atom stereocenters. The largest absolute Gasteiger partial charge is 0.359 e. The predicted molar refractivity (Wildman–Crippen MR) is 167 cm³/mol. The molecule has 5 rings (SSSR count). The number of pyridine rings is 1. The minimum Gasteiger partial charge on any atom is -0.359 e. The highest BCUT2D eigenvalue weighted by molar-refractivity contribution is 6.05. The molecule has 0 aliphatic carbocycles. The number of aryl methyl sites for hydroxylation is 1. The van der Waals surface area contributed by atoms with Crippen LogP contribution in [0.2, 0.25) is 0 Å². The van der Waals surface area contributed by atoms with Crippen LogP contribution in [0.4, 0.5) is 17.1 Å². The standard InChI is InChI=1S/C34H36N4O4/c1-22-28(7-6-8-29(22)36-31(39)23-9-13-26(14-10-23)34(2,3)4)25-19-30(33(41)37(5)20-25)35-27-15-11-24(12-16-27)32(40)38-17-18-42-21-38/h6-16,19-20,35H,17-18,21H2,1-5H3,(H,36,39). The predicted octanol–water partition coefficient (Wildman–Crippen LogP) is 6.08. The Balaban J connectivity index is 1.37. The number of carbonyl (C=O) groups is 2. The quantitative estimate of drug-likeness (QED) is 0.296. The van der Waals surface area contributed by atoms with Gasteiger partial charge in [0, 0.05) is 47.9 Å². The summed E-state index contributed by atoms with van der Waals surface area (Å²) in [5.41, 5.74) is 6.52. The van der Waals surface area contributed by atoms with Gasteiger partial charge in [0.1, 0.15) is 12.4 Å². The first-order chi connectivity index (χ1) is 20.0. The fourth-order valence-electron chi connectivity index (χ4n) is 4.96. The maximum atomic E-state index is 13.1. The molecular weight excluding hydrogens is 528 g/mol. The molecule has 0 atom stereocenters. The highest BCUT2D eigenvalue weighted by Gasteiger charge is 2.20. The van der Waals surface area contributed by atoms with Crippen LogP contribution in [-0.4, -0.2) is 41.2 Å². The number of ether oxygens (including phenoxy) is 1. The Morgan fingerprint density at radius 3 is 2.24 bits per heavy atom. The second-order valence-electron chi connectivity index (χ2n) is 11.6. The molecule has 216 valence electrons. The Morgan fingerprint density at radius 2 is 1.60 bits per heavy atom. The van der Waals surface area contributed by atoms with Crippen LogP contribution in [-0.2, 0) is 17.2 Å². The number of amides is 2. The van der Waals surface area contributed by atoms with Crippen LogP contribution in [0.25, 0.3) is 11.1 Å². The minimum absolute atomic E-state index is 0.00900. The molecule has 1 aliphatic heterocycles. The van der Waals surface area contributed by atoms with Gasteiger partial charge in [-0.05, 0) is 77.6 Å². The first-order valence-electron chi connectivity index (χ1n) is 14.0. The molecular formula is C34H36N4O4. The van der Waals surface area contributed by atoms with Crippen molar-refractivity contribution >= 4 is 28.9 Å². The number of nitrogens with one attached hydrogen (secondary N) is 2. The number of benzene rings is 3. The number of anilines is 3. The Kier molecular flexibility index (Phi) is 8.00. The van der Waals surface area contributed by atoms with Gasteiger partial charge in [-0.1, -0.05) is 45.0 Å². The van der Waals surface area contributed by atoms with E-state index in [-0.39, 0.29) is 22.8 Å². The Labute approximate surface area is 245 Å². The summed E-state index contributed by atoms with van der Waals surface area (Å²) in [5, 5.41) is 6.26. The molecule has 8 heteroatoms. The normalized spacial score (nSPS) is 13.2. The number of nitrogens with zero attached hydrogens (tertiary/aromatic N) is 2. The van der Waals surface area contributed by atoms with Gasteiger partial charge in [0.15, 0.2) is 0 Å². The molecule has 0 saturated carbocycles. The fourth-order valence-corrected chi connectivity index (χ4v) is 4.96. The van der Waals surface area contributed by atoms with E-state index in [1.54, 1.807) is 42.4 Å². The van der Waals surface area contributed by atoms with Crippen molar-refractivity contribution in [2.75, 3.05) is 30.5 Å². The molecule has 1 saturated heterocycles. The smallest absolute Gasteiger partial charge is 0.274 e.